The highest BCUT2D eigenvalue weighted by molar-refractivity contribution is 14.0. The maximum atomic E-state index is 12.3. The van der Waals surface area contributed by atoms with E-state index < -0.39 is 0 Å². The van der Waals surface area contributed by atoms with Gasteiger partial charge in [-0.05, 0) is 32.6 Å². The van der Waals surface area contributed by atoms with Gasteiger partial charge >= 0.3 is 0 Å². The molecule has 1 aromatic heterocycles. The number of piperidine rings is 1. The Hall–Kier alpha value is -0.900. The van der Waals surface area contributed by atoms with Crippen molar-refractivity contribution in [3.63, 3.8) is 0 Å². The van der Waals surface area contributed by atoms with Crippen molar-refractivity contribution in [2.75, 3.05) is 26.2 Å². The number of thiazole rings is 1. The Morgan fingerprint density at radius 2 is 2.28 bits per heavy atom. The van der Waals surface area contributed by atoms with E-state index in [9.17, 15) is 4.79 Å². The summed E-state index contributed by atoms with van der Waals surface area (Å²) in [5, 5.41) is 7.46. The van der Waals surface area contributed by atoms with Gasteiger partial charge in [0.05, 0.1) is 6.54 Å². The van der Waals surface area contributed by atoms with E-state index in [0.29, 0.717) is 25.4 Å². The molecule has 2 heterocycles. The molecule has 25 heavy (non-hydrogen) atoms. The van der Waals surface area contributed by atoms with Crippen molar-refractivity contribution in [3.05, 3.63) is 16.1 Å². The molecule has 1 atom stereocenters. The monoisotopic (exact) mass is 479 g/mol. The van der Waals surface area contributed by atoms with Crippen LogP contribution in [0, 0.1) is 12.8 Å². The number of halogens is 1. The second kappa shape index (κ2) is 11.7. The zero-order chi connectivity index (χ0) is 17.4. The van der Waals surface area contributed by atoms with E-state index >= 15 is 0 Å². The summed E-state index contributed by atoms with van der Waals surface area (Å²) in [6, 6.07) is 0. The molecule has 0 aliphatic carbocycles. The van der Waals surface area contributed by atoms with Crippen molar-refractivity contribution in [3.8, 4) is 0 Å². The topological polar surface area (TPSA) is 69.6 Å². The van der Waals surface area contributed by atoms with Crippen LogP contribution >= 0.6 is 35.3 Å². The Balaban J connectivity index is 0.00000312. The first-order valence-electron chi connectivity index (χ1n) is 8.79. The highest BCUT2D eigenvalue weighted by atomic mass is 127. The number of carbonyl (C=O) groups is 1. The van der Waals surface area contributed by atoms with Crippen LogP contribution in [0.5, 0.6) is 0 Å². The molecule has 0 aromatic carbocycles. The zero-order valence-corrected chi connectivity index (χ0v) is 18.5. The fourth-order valence-electron chi connectivity index (χ4n) is 2.82. The molecule has 0 radical (unpaired) electrons. The fourth-order valence-corrected chi connectivity index (χ4v) is 3.54. The van der Waals surface area contributed by atoms with Gasteiger partial charge in [-0.1, -0.05) is 6.92 Å². The van der Waals surface area contributed by atoms with Gasteiger partial charge in [0.2, 0.25) is 5.91 Å². The highest BCUT2D eigenvalue weighted by Crippen LogP contribution is 2.16. The van der Waals surface area contributed by atoms with Crippen LogP contribution < -0.4 is 10.6 Å². The lowest BCUT2D eigenvalue weighted by molar-refractivity contribution is -0.132. The maximum absolute atomic E-state index is 12.3. The van der Waals surface area contributed by atoms with Gasteiger partial charge in [-0.3, -0.25) is 4.79 Å². The predicted octanol–water partition coefficient (Wildman–Crippen LogP) is 2.77. The second-order valence-electron chi connectivity index (χ2n) is 6.32. The zero-order valence-electron chi connectivity index (χ0n) is 15.4. The number of hydrogen-bond acceptors (Lipinski definition) is 4. The van der Waals surface area contributed by atoms with Crippen molar-refractivity contribution >= 4 is 47.2 Å². The van der Waals surface area contributed by atoms with Crippen LogP contribution in [0.3, 0.4) is 0 Å². The number of aromatic nitrogens is 1. The van der Waals surface area contributed by atoms with E-state index in [4.69, 9.17) is 0 Å². The summed E-state index contributed by atoms with van der Waals surface area (Å²) >= 11 is 1.66. The Labute approximate surface area is 171 Å². The van der Waals surface area contributed by atoms with Crippen LogP contribution in [-0.2, 0) is 11.3 Å². The van der Waals surface area contributed by atoms with Crippen LogP contribution in [0.15, 0.2) is 11.2 Å². The van der Waals surface area contributed by atoms with Gasteiger partial charge in [-0.15, -0.1) is 35.3 Å². The number of guanidine groups is 1. The standard InChI is InChI=1S/C17H29N5OS.HI/c1-4-18-17(21-11-15-20-10-14(3)24-15)19-8-7-16(23)22-9-5-6-13(2)12-22;/h10,13H,4-9,11-12H2,1-3H3,(H2,18,19,21);1H. The maximum Gasteiger partial charge on any atom is 0.224 e. The minimum Gasteiger partial charge on any atom is -0.357 e. The van der Waals surface area contributed by atoms with Gasteiger partial charge < -0.3 is 15.5 Å². The molecule has 8 heteroatoms. The number of hydrogen-bond donors (Lipinski definition) is 2. The first kappa shape index (κ1) is 22.1. The first-order chi connectivity index (χ1) is 11.6. The van der Waals surface area contributed by atoms with Gasteiger partial charge in [-0.2, -0.15) is 0 Å². The molecule has 1 saturated heterocycles. The molecule has 0 bridgehead atoms. The number of amides is 1. The number of nitrogens with zero attached hydrogens (tertiary/aromatic N) is 3. The molecule has 1 unspecified atom stereocenters. The molecule has 0 spiro atoms. The molecule has 0 saturated carbocycles. The Morgan fingerprint density at radius 3 is 2.92 bits per heavy atom. The van der Waals surface area contributed by atoms with E-state index in [1.807, 2.05) is 24.9 Å². The number of aliphatic imine (C=N–C) groups is 1. The average Bonchev–Trinajstić information content (AvgIpc) is 2.98. The van der Waals surface area contributed by atoms with Gasteiger partial charge in [0.25, 0.3) is 0 Å². The molecule has 1 fully saturated rings. The summed E-state index contributed by atoms with van der Waals surface area (Å²) in [6.45, 7) is 10.1. The molecule has 142 valence electrons. The predicted molar refractivity (Wildman–Crippen MR) is 115 cm³/mol. The molecule has 1 aliphatic heterocycles. The summed E-state index contributed by atoms with van der Waals surface area (Å²) in [5.41, 5.74) is 0. The Kier molecular flexibility index (Phi) is 10.3. The molecule has 1 aromatic rings. The third-order valence-corrected chi connectivity index (χ3v) is 4.92. The van der Waals surface area contributed by atoms with Gasteiger partial charge in [-0.25, -0.2) is 9.98 Å². The quantitative estimate of drug-likeness (QED) is 0.374. The Bertz CT molecular complexity index is 563. The molecular formula is C17H30IN5OS. The lowest BCUT2D eigenvalue weighted by atomic mass is 10.00. The van der Waals surface area contributed by atoms with Crippen molar-refractivity contribution in [2.45, 2.75) is 46.6 Å². The van der Waals surface area contributed by atoms with Crippen LogP contribution in [-0.4, -0.2) is 47.9 Å². The van der Waals surface area contributed by atoms with E-state index in [1.165, 1.54) is 11.3 Å². The fraction of sp³-hybridized carbons (Fsp3) is 0.706. The van der Waals surface area contributed by atoms with E-state index in [1.54, 1.807) is 11.3 Å². The molecule has 2 rings (SSSR count). The van der Waals surface area contributed by atoms with Gasteiger partial charge in [0.1, 0.15) is 5.01 Å². The third kappa shape index (κ3) is 7.89. The minimum absolute atomic E-state index is 0. The van der Waals surface area contributed by atoms with Crippen LogP contribution in [0.4, 0.5) is 0 Å². The van der Waals surface area contributed by atoms with Crippen molar-refractivity contribution in [1.29, 1.82) is 0 Å². The third-order valence-electron chi connectivity index (χ3n) is 4.03. The van der Waals surface area contributed by atoms with Crippen molar-refractivity contribution < 1.29 is 4.79 Å². The van der Waals surface area contributed by atoms with Crippen LogP contribution in [0.2, 0.25) is 0 Å². The number of carbonyl (C=O) groups excluding carboxylic acids is 1. The SMILES string of the molecule is CCNC(=NCc1ncc(C)s1)NCCC(=O)N1CCCC(C)C1.I. The first-order valence-corrected chi connectivity index (χ1v) is 9.61. The van der Waals surface area contributed by atoms with E-state index in [2.05, 4.69) is 27.5 Å². The second-order valence-corrected chi connectivity index (χ2v) is 7.64. The van der Waals surface area contributed by atoms with Crippen LogP contribution in [0.1, 0.15) is 43.0 Å². The van der Waals surface area contributed by atoms with E-state index in [-0.39, 0.29) is 29.9 Å². The minimum atomic E-state index is 0. The summed E-state index contributed by atoms with van der Waals surface area (Å²) < 4.78 is 0. The van der Waals surface area contributed by atoms with Crippen molar-refractivity contribution in [1.82, 2.24) is 20.5 Å². The number of nitrogens with one attached hydrogen (secondary N) is 2. The summed E-state index contributed by atoms with van der Waals surface area (Å²) in [5.74, 6) is 1.60. The summed E-state index contributed by atoms with van der Waals surface area (Å²) in [7, 11) is 0. The van der Waals surface area contributed by atoms with E-state index in [0.717, 1.165) is 37.0 Å². The highest BCUT2D eigenvalue weighted by Gasteiger charge is 2.20. The number of likely N-dealkylation sites (tertiary alicyclic amines) is 1. The molecule has 1 amide bonds. The number of aryl methyl sites for hydroxylation is 1. The Morgan fingerprint density at radius 1 is 1.48 bits per heavy atom. The van der Waals surface area contributed by atoms with Crippen molar-refractivity contribution in [2.24, 2.45) is 10.9 Å². The summed E-state index contributed by atoms with van der Waals surface area (Å²) in [4.78, 5) is 24.3. The number of rotatable bonds is 6. The molecular weight excluding hydrogens is 449 g/mol. The van der Waals surface area contributed by atoms with Gasteiger partial charge in [0, 0.05) is 43.7 Å². The smallest absolute Gasteiger partial charge is 0.224 e. The van der Waals surface area contributed by atoms with Crippen LogP contribution in [0.25, 0.3) is 0 Å². The van der Waals surface area contributed by atoms with Gasteiger partial charge in [0.15, 0.2) is 5.96 Å². The lowest BCUT2D eigenvalue weighted by Crippen LogP contribution is -2.42. The molecule has 6 nitrogen and oxygen atoms in total. The summed E-state index contributed by atoms with van der Waals surface area (Å²) in [6.07, 6.45) is 4.73. The lowest BCUT2D eigenvalue weighted by Gasteiger charge is -2.31. The largest absolute Gasteiger partial charge is 0.357 e. The molecule has 1 aliphatic rings. The average molecular weight is 479 g/mol. The normalized spacial score (nSPS) is 17.8. The molecule has 2 N–H and O–H groups in total.